The molecule has 1 aliphatic rings. The molecule has 102 valence electrons. The van der Waals surface area contributed by atoms with E-state index in [0.717, 1.165) is 42.2 Å². The fourth-order valence-electron chi connectivity index (χ4n) is 2.95. The number of aromatic amines is 1. The van der Waals surface area contributed by atoms with Gasteiger partial charge in [-0.3, -0.25) is 0 Å². The Balaban J connectivity index is 2.14. The molecule has 1 N–H and O–H groups in total. The average Bonchev–Trinajstić information content (AvgIpc) is 2.82. The first-order chi connectivity index (χ1) is 9.26. The summed E-state index contributed by atoms with van der Waals surface area (Å²) in [5.41, 5.74) is 3.86. The number of aromatic nitrogens is 1. The van der Waals surface area contributed by atoms with Gasteiger partial charge in [-0.05, 0) is 36.8 Å². The zero-order chi connectivity index (χ0) is 13.4. The fraction of sp³-hybridized carbons (Fsp3) is 0.467. The molecular weight excluding hydrogens is 262 g/mol. The van der Waals surface area contributed by atoms with Crippen LogP contribution in [0.3, 0.4) is 0 Å². The Bertz CT molecular complexity index is 606. The van der Waals surface area contributed by atoms with E-state index in [9.17, 15) is 0 Å². The fourth-order valence-corrected chi connectivity index (χ4v) is 3.21. The summed E-state index contributed by atoms with van der Waals surface area (Å²) in [6.07, 6.45) is 3.29. The van der Waals surface area contributed by atoms with Crippen LogP contribution in [0, 0.1) is 5.92 Å². The molecule has 1 heterocycles. The van der Waals surface area contributed by atoms with Gasteiger partial charge in [0.15, 0.2) is 11.5 Å². The topological polar surface area (TPSA) is 34.2 Å². The Morgan fingerprint density at radius 1 is 1.26 bits per heavy atom. The number of aryl methyl sites for hydroxylation is 1. The van der Waals surface area contributed by atoms with Crippen LogP contribution in [0.5, 0.6) is 11.5 Å². The summed E-state index contributed by atoms with van der Waals surface area (Å²) in [7, 11) is 3.33. The SMILES string of the molecule is COc1cc2[nH]c3c(c2cc1OC)CC(CCl)CC3. The van der Waals surface area contributed by atoms with E-state index in [2.05, 4.69) is 11.1 Å². The Hall–Kier alpha value is -1.35. The highest BCUT2D eigenvalue weighted by Crippen LogP contribution is 2.38. The lowest BCUT2D eigenvalue weighted by molar-refractivity contribution is 0.356. The van der Waals surface area contributed by atoms with E-state index in [1.165, 1.54) is 16.6 Å². The van der Waals surface area contributed by atoms with Crippen LogP contribution >= 0.6 is 11.6 Å². The molecular formula is C15H18ClNO2. The van der Waals surface area contributed by atoms with Gasteiger partial charge in [-0.1, -0.05) is 0 Å². The zero-order valence-corrected chi connectivity index (χ0v) is 12.0. The lowest BCUT2D eigenvalue weighted by atomic mass is 9.87. The lowest BCUT2D eigenvalue weighted by Crippen LogP contribution is -2.14. The number of H-pyrrole nitrogens is 1. The van der Waals surface area contributed by atoms with Gasteiger partial charge in [0.25, 0.3) is 0 Å². The van der Waals surface area contributed by atoms with Crippen molar-refractivity contribution < 1.29 is 9.47 Å². The maximum absolute atomic E-state index is 6.02. The number of rotatable bonds is 3. The third kappa shape index (κ3) is 2.06. The maximum atomic E-state index is 6.02. The molecule has 1 aliphatic carbocycles. The van der Waals surface area contributed by atoms with Gasteiger partial charge in [-0.2, -0.15) is 0 Å². The highest BCUT2D eigenvalue weighted by atomic mass is 35.5. The van der Waals surface area contributed by atoms with Crippen LogP contribution in [-0.2, 0) is 12.8 Å². The molecule has 0 bridgehead atoms. The van der Waals surface area contributed by atoms with Crippen molar-refractivity contribution in [2.45, 2.75) is 19.3 Å². The third-order valence-corrected chi connectivity index (χ3v) is 4.45. The maximum Gasteiger partial charge on any atom is 0.162 e. The molecule has 0 fully saturated rings. The molecule has 1 aromatic carbocycles. The van der Waals surface area contributed by atoms with Crippen molar-refractivity contribution in [3.63, 3.8) is 0 Å². The van der Waals surface area contributed by atoms with Gasteiger partial charge in [0, 0.05) is 28.5 Å². The van der Waals surface area contributed by atoms with E-state index >= 15 is 0 Å². The first-order valence-electron chi connectivity index (χ1n) is 6.58. The van der Waals surface area contributed by atoms with Gasteiger partial charge in [0.05, 0.1) is 14.2 Å². The molecule has 19 heavy (non-hydrogen) atoms. The zero-order valence-electron chi connectivity index (χ0n) is 11.3. The molecule has 0 radical (unpaired) electrons. The van der Waals surface area contributed by atoms with Gasteiger partial charge in [0.2, 0.25) is 0 Å². The Kier molecular flexibility index (Phi) is 3.31. The highest BCUT2D eigenvalue weighted by Gasteiger charge is 2.23. The van der Waals surface area contributed by atoms with Crippen LogP contribution in [0.15, 0.2) is 12.1 Å². The van der Waals surface area contributed by atoms with Gasteiger partial charge in [0.1, 0.15) is 0 Å². The first kappa shape index (κ1) is 12.7. The van der Waals surface area contributed by atoms with Crippen molar-refractivity contribution >= 4 is 22.5 Å². The summed E-state index contributed by atoms with van der Waals surface area (Å²) < 4.78 is 10.7. The molecule has 3 rings (SSSR count). The molecule has 0 spiro atoms. The van der Waals surface area contributed by atoms with Crippen LogP contribution in [-0.4, -0.2) is 25.1 Å². The predicted molar refractivity (Wildman–Crippen MR) is 77.6 cm³/mol. The van der Waals surface area contributed by atoms with E-state index in [-0.39, 0.29) is 0 Å². The summed E-state index contributed by atoms with van der Waals surface area (Å²) in [5, 5.41) is 1.24. The molecule has 3 nitrogen and oxygen atoms in total. The van der Waals surface area contributed by atoms with Crippen molar-refractivity contribution in [1.82, 2.24) is 4.98 Å². The Morgan fingerprint density at radius 2 is 2.00 bits per heavy atom. The normalized spacial score (nSPS) is 18.4. The Morgan fingerprint density at radius 3 is 2.68 bits per heavy atom. The second-order valence-corrected chi connectivity index (χ2v) is 5.41. The van der Waals surface area contributed by atoms with Gasteiger partial charge in [-0.15, -0.1) is 11.6 Å². The number of hydrogen-bond acceptors (Lipinski definition) is 2. The van der Waals surface area contributed by atoms with Crippen molar-refractivity contribution in [1.29, 1.82) is 0 Å². The summed E-state index contributed by atoms with van der Waals surface area (Å²) in [6.45, 7) is 0. The van der Waals surface area contributed by atoms with Crippen LogP contribution in [0.2, 0.25) is 0 Å². The molecule has 0 amide bonds. The number of nitrogens with one attached hydrogen (secondary N) is 1. The molecule has 0 aliphatic heterocycles. The summed E-state index contributed by atoms with van der Waals surface area (Å²) in [4.78, 5) is 3.51. The summed E-state index contributed by atoms with van der Waals surface area (Å²) >= 11 is 6.02. The van der Waals surface area contributed by atoms with Gasteiger partial charge in [-0.25, -0.2) is 0 Å². The van der Waals surface area contributed by atoms with Crippen molar-refractivity contribution in [3.05, 3.63) is 23.4 Å². The number of halogens is 1. The summed E-state index contributed by atoms with van der Waals surface area (Å²) in [5.74, 6) is 2.87. The molecule has 4 heteroatoms. The van der Waals surface area contributed by atoms with E-state index in [0.29, 0.717) is 5.92 Å². The number of methoxy groups -OCH3 is 2. The van der Waals surface area contributed by atoms with Crippen molar-refractivity contribution in [2.75, 3.05) is 20.1 Å². The lowest BCUT2D eigenvalue weighted by Gasteiger charge is -2.20. The predicted octanol–water partition coefficient (Wildman–Crippen LogP) is 3.53. The van der Waals surface area contributed by atoms with E-state index < -0.39 is 0 Å². The largest absolute Gasteiger partial charge is 0.493 e. The monoisotopic (exact) mass is 279 g/mol. The standard InChI is InChI=1S/C15H18ClNO2/c1-18-14-6-11-10-5-9(8-16)3-4-12(10)17-13(11)7-15(14)19-2/h6-7,9,17H,3-5,8H2,1-2H3. The molecule has 0 saturated carbocycles. The van der Waals surface area contributed by atoms with Gasteiger partial charge < -0.3 is 14.5 Å². The van der Waals surface area contributed by atoms with Crippen LogP contribution < -0.4 is 9.47 Å². The molecule has 1 atom stereocenters. The molecule has 1 unspecified atom stereocenters. The number of fused-ring (bicyclic) bond motifs is 3. The van der Waals surface area contributed by atoms with Gasteiger partial charge >= 0.3 is 0 Å². The number of hydrogen-bond donors (Lipinski definition) is 1. The minimum atomic E-state index is 0.585. The number of benzene rings is 1. The number of ether oxygens (including phenoxy) is 2. The molecule has 2 aromatic rings. The van der Waals surface area contributed by atoms with E-state index in [1.54, 1.807) is 14.2 Å². The quantitative estimate of drug-likeness (QED) is 0.872. The minimum Gasteiger partial charge on any atom is -0.493 e. The second-order valence-electron chi connectivity index (χ2n) is 5.10. The highest BCUT2D eigenvalue weighted by molar-refractivity contribution is 6.18. The third-order valence-electron chi connectivity index (χ3n) is 4.01. The van der Waals surface area contributed by atoms with Crippen molar-refractivity contribution in [3.8, 4) is 11.5 Å². The van der Waals surface area contributed by atoms with E-state index in [4.69, 9.17) is 21.1 Å². The second kappa shape index (κ2) is 4.97. The number of alkyl halides is 1. The van der Waals surface area contributed by atoms with Crippen LogP contribution in [0.25, 0.3) is 10.9 Å². The Labute approximate surface area is 117 Å². The first-order valence-corrected chi connectivity index (χ1v) is 7.11. The smallest absolute Gasteiger partial charge is 0.162 e. The van der Waals surface area contributed by atoms with Crippen LogP contribution in [0.1, 0.15) is 17.7 Å². The molecule has 0 saturated heterocycles. The van der Waals surface area contributed by atoms with Crippen LogP contribution in [0.4, 0.5) is 0 Å². The van der Waals surface area contributed by atoms with E-state index in [1.807, 2.05) is 6.07 Å². The average molecular weight is 280 g/mol. The summed E-state index contributed by atoms with van der Waals surface area (Å²) in [6, 6.07) is 4.09. The molecule has 1 aromatic heterocycles. The van der Waals surface area contributed by atoms with Crippen molar-refractivity contribution in [2.24, 2.45) is 5.92 Å². The minimum absolute atomic E-state index is 0.585.